The van der Waals surface area contributed by atoms with Crippen LogP contribution in [0.1, 0.15) is 35.3 Å². The second-order valence-corrected chi connectivity index (χ2v) is 6.90. The molecular formula is C15H21N5OS. The van der Waals surface area contributed by atoms with E-state index in [1.54, 1.807) is 18.3 Å². The fraction of sp³-hybridized carbons (Fsp3) is 0.533. The van der Waals surface area contributed by atoms with Gasteiger partial charge in [0.25, 0.3) is 0 Å². The Morgan fingerprint density at radius 1 is 1.55 bits per heavy atom. The van der Waals surface area contributed by atoms with Gasteiger partial charge in [-0.3, -0.25) is 14.8 Å². The predicted octanol–water partition coefficient (Wildman–Crippen LogP) is 1.72. The first-order valence-corrected chi connectivity index (χ1v) is 8.29. The maximum atomic E-state index is 11.7. The fourth-order valence-corrected chi connectivity index (χ4v) is 4.02. The van der Waals surface area contributed by atoms with Crippen LogP contribution in [0.4, 0.5) is 0 Å². The van der Waals surface area contributed by atoms with Crippen LogP contribution in [0.25, 0.3) is 0 Å². The van der Waals surface area contributed by atoms with Crippen LogP contribution in [0.5, 0.6) is 0 Å². The Hall–Kier alpha value is -1.73. The summed E-state index contributed by atoms with van der Waals surface area (Å²) in [5.74, 6) is -0.00538. The molecule has 0 saturated carbocycles. The van der Waals surface area contributed by atoms with Crippen LogP contribution in [-0.4, -0.2) is 39.1 Å². The van der Waals surface area contributed by atoms with Gasteiger partial charge in [-0.25, -0.2) is 4.98 Å². The first-order chi connectivity index (χ1) is 10.5. The Bertz CT molecular complexity index is 679. The number of aromatic nitrogens is 3. The van der Waals surface area contributed by atoms with Gasteiger partial charge in [-0.15, -0.1) is 11.3 Å². The molecule has 0 aromatic carbocycles. The molecule has 1 aliphatic heterocycles. The van der Waals surface area contributed by atoms with Gasteiger partial charge in [0.1, 0.15) is 10.5 Å². The number of nitrogens with one attached hydrogen (secondary N) is 2. The van der Waals surface area contributed by atoms with Gasteiger partial charge in [-0.05, 0) is 20.3 Å². The highest BCUT2D eigenvalue weighted by Crippen LogP contribution is 2.34. The summed E-state index contributed by atoms with van der Waals surface area (Å²) < 4.78 is 0. The third-order valence-electron chi connectivity index (χ3n) is 4.12. The number of likely N-dealkylation sites (tertiary alicyclic amines) is 1. The molecule has 1 aliphatic rings. The van der Waals surface area contributed by atoms with E-state index in [1.165, 1.54) is 5.56 Å². The monoisotopic (exact) mass is 319 g/mol. The molecule has 3 rings (SSSR count). The van der Waals surface area contributed by atoms with Crippen molar-refractivity contribution in [2.75, 3.05) is 13.1 Å². The highest BCUT2D eigenvalue weighted by atomic mass is 32.1. The maximum absolute atomic E-state index is 11.7. The van der Waals surface area contributed by atoms with Crippen LogP contribution in [0, 0.1) is 13.8 Å². The average molecular weight is 319 g/mol. The zero-order valence-electron chi connectivity index (χ0n) is 13.1. The predicted molar refractivity (Wildman–Crippen MR) is 85.6 cm³/mol. The summed E-state index contributed by atoms with van der Waals surface area (Å²) in [5.41, 5.74) is 2.95. The van der Waals surface area contributed by atoms with Crippen LogP contribution in [0.3, 0.4) is 0 Å². The highest BCUT2D eigenvalue weighted by molar-refractivity contribution is 7.09. The van der Waals surface area contributed by atoms with Gasteiger partial charge in [-0.1, -0.05) is 0 Å². The van der Waals surface area contributed by atoms with E-state index < -0.39 is 0 Å². The lowest BCUT2D eigenvalue weighted by Crippen LogP contribution is -2.47. The molecule has 3 heterocycles. The molecular weight excluding hydrogens is 298 g/mol. The number of carbonyl (C=O) groups excluding carboxylic acids is 1. The lowest BCUT2D eigenvalue weighted by molar-refractivity contribution is -0.120. The number of nitrogens with zero attached hydrogens (tertiary/aromatic N) is 3. The molecule has 0 spiro atoms. The minimum Gasteiger partial charge on any atom is -0.343 e. The van der Waals surface area contributed by atoms with E-state index in [-0.39, 0.29) is 11.4 Å². The summed E-state index contributed by atoms with van der Waals surface area (Å²) in [6.45, 7) is 8.15. The van der Waals surface area contributed by atoms with Crippen LogP contribution in [0.2, 0.25) is 0 Å². The van der Waals surface area contributed by atoms with Crippen molar-refractivity contribution in [1.29, 1.82) is 0 Å². The number of H-pyrrole nitrogens is 1. The average Bonchev–Trinajstić information content (AvgIpc) is 3.13. The lowest BCUT2D eigenvalue weighted by Gasteiger charge is -2.28. The van der Waals surface area contributed by atoms with Crippen molar-refractivity contribution in [3.63, 3.8) is 0 Å². The van der Waals surface area contributed by atoms with Gasteiger partial charge in [0, 0.05) is 48.9 Å². The van der Waals surface area contributed by atoms with E-state index in [9.17, 15) is 4.79 Å². The minimum absolute atomic E-state index is 0.00538. The van der Waals surface area contributed by atoms with Crippen LogP contribution in [0.15, 0.2) is 11.6 Å². The van der Waals surface area contributed by atoms with Crippen molar-refractivity contribution in [2.24, 2.45) is 0 Å². The van der Waals surface area contributed by atoms with Gasteiger partial charge in [-0.2, -0.15) is 5.10 Å². The molecule has 1 amide bonds. The number of hydrogen-bond acceptors (Lipinski definition) is 5. The van der Waals surface area contributed by atoms with Crippen LogP contribution in [-0.2, 0) is 16.9 Å². The molecule has 22 heavy (non-hydrogen) atoms. The number of thiazole rings is 1. The largest absolute Gasteiger partial charge is 0.343 e. The normalized spacial score (nSPS) is 22.1. The number of aromatic amines is 1. The Balaban J connectivity index is 1.80. The summed E-state index contributed by atoms with van der Waals surface area (Å²) in [6, 6.07) is 0. The molecule has 0 aliphatic carbocycles. The standard InChI is InChI=1S/C15H21N5OS/c1-10-8-22-14(17-10)15(18-12(3)21)4-5-20(9-15)7-13-6-16-19-11(13)2/h6,8H,4-5,7,9H2,1-3H3,(H,16,19)(H,18,21). The topological polar surface area (TPSA) is 73.9 Å². The van der Waals surface area contributed by atoms with Crippen molar-refractivity contribution >= 4 is 17.2 Å². The molecule has 1 saturated heterocycles. The molecule has 7 heteroatoms. The smallest absolute Gasteiger partial charge is 0.217 e. The van der Waals surface area contributed by atoms with Crippen molar-refractivity contribution in [2.45, 2.75) is 39.3 Å². The van der Waals surface area contributed by atoms with Crippen molar-refractivity contribution in [3.8, 4) is 0 Å². The summed E-state index contributed by atoms with van der Waals surface area (Å²) >= 11 is 1.63. The van der Waals surface area contributed by atoms with E-state index in [2.05, 4.69) is 25.4 Å². The molecule has 6 nitrogen and oxygen atoms in total. The molecule has 2 N–H and O–H groups in total. The zero-order valence-corrected chi connectivity index (χ0v) is 14.0. The van der Waals surface area contributed by atoms with Gasteiger partial charge >= 0.3 is 0 Å². The molecule has 2 aromatic heterocycles. The fourth-order valence-electron chi connectivity index (χ4n) is 3.04. The molecule has 118 valence electrons. The van der Waals surface area contributed by atoms with E-state index in [1.807, 2.05) is 25.4 Å². The molecule has 0 bridgehead atoms. The number of rotatable bonds is 4. The first-order valence-electron chi connectivity index (χ1n) is 7.41. The Kier molecular flexibility index (Phi) is 4.01. The highest BCUT2D eigenvalue weighted by Gasteiger charge is 2.42. The number of amides is 1. The van der Waals surface area contributed by atoms with Crippen molar-refractivity contribution in [3.05, 3.63) is 33.5 Å². The molecule has 1 fully saturated rings. The van der Waals surface area contributed by atoms with Gasteiger partial charge in [0.05, 0.1) is 6.20 Å². The van der Waals surface area contributed by atoms with E-state index >= 15 is 0 Å². The Morgan fingerprint density at radius 3 is 2.95 bits per heavy atom. The Morgan fingerprint density at radius 2 is 2.36 bits per heavy atom. The molecule has 1 unspecified atom stereocenters. The minimum atomic E-state index is -0.359. The van der Waals surface area contributed by atoms with Gasteiger partial charge < -0.3 is 5.32 Å². The molecule has 1 atom stereocenters. The second-order valence-electron chi connectivity index (χ2n) is 6.04. The first kappa shape index (κ1) is 15.2. The van der Waals surface area contributed by atoms with Crippen LogP contribution >= 0.6 is 11.3 Å². The van der Waals surface area contributed by atoms with E-state index in [4.69, 9.17) is 0 Å². The summed E-state index contributed by atoms with van der Waals surface area (Å²) in [4.78, 5) is 18.7. The lowest BCUT2D eigenvalue weighted by atomic mass is 9.99. The number of hydrogen-bond donors (Lipinski definition) is 2. The zero-order chi connectivity index (χ0) is 15.7. The third kappa shape index (κ3) is 2.91. The van der Waals surface area contributed by atoms with Gasteiger partial charge in [0.15, 0.2) is 0 Å². The third-order valence-corrected chi connectivity index (χ3v) is 5.28. The van der Waals surface area contributed by atoms with Gasteiger partial charge in [0.2, 0.25) is 5.91 Å². The van der Waals surface area contributed by atoms with E-state index in [0.29, 0.717) is 0 Å². The molecule has 0 radical (unpaired) electrons. The molecule has 2 aromatic rings. The van der Waals surface area contributed by atoms with Crippen molar-refractivity contribution < 1.29 is 4.79 Å². The van der Waals surface area contributed by atoms with Crippen molar-refractivity contribution in [1.82, 2.24) is 25.4 Å². The maximum Gasteiger partial charge on any atom is 0.217 e. The van der Waals surface area contributed by atoms with Crippen LogP contribution < -0.4 is 5.32 Å². The summed E-state index contributed by atoms with van der Waals surface area (Å²) in [5, 5.41) is 13.3. The Labute approximate surface area is 133 Å². The number of aryl methyl sites for hydroxylation is 2. The summed E-state index contributed by atoms with van der Waals surface area (Å²) in [7, 11) is 0. The summed E-state index contributed by atoms with van der Waals surface area (Å²) in [6.07, 6.45) is 2.76. The quantitative estimate of drug-likeness (QED) is 0.900. The number of carbonyl (C=O) groups is 1. The van der Waals surface area contributed by atoms with E-state index in [0.717, 1.165) is 42.5 Å². The SMILES string of the molecule is CC(=O)NC1(c2nc(C)cs2)CCN(Cc2cn[nH]c2C)C1. The second kappa shape index (κ2) is 5.81.